The molecule has 0 radical (unpaired) electrons. The van der Waals surface area contributed by atoms with Gasteiger partial charge in [-0.2, -0.15) is 0 Å². The van der Waals surface area contributed by atoms with Gasteiger partial charge in [0.15, 0.2) is 0 Å². The van der Waals surface area contributed by atoms with Crippen molar-refractivity contribution in [3.05, 3.63) is 70.0 Å². The third-order valence-corrected chi connectivity index (χ3v) is 4.09. The molecule has 4 heteroatoms. The topological polar surface area (TPSA) is 29.1 Å². The molecule has 2 aromatic rings. The molecule has 0 fully saturated rings. The molecule has 1 aliphatic heterocycles. The molecule has 1 aliphatic rings. The molecule has 0 saturated carbocycles. The van der Waals surface area contributed by atoms with Gasteiger partial charge in [0.05, 0.1) is 5.92 Å². The summed E-state index contributed by atoms with van der Waals surface area (Å²) in [6.07, 6.45) is 0.0626. The molecule has 0 amide bonds. The van der Waals surface area contributed by atoms with E-state index >= 15 is 0 Å². The fourth-order valence-corrected chi connectivity index (χ4v) is 2.97. The Bertz CT molecular complexity index is 686. The van der Waals surface area contributed by atoms with Crippen molar-refractivity contribution in [1.82, 2.24) is 5.32 Å². The van der Waals surface area contributed by atoms with E-state index in [1.54, 1.807) is 0 Å². The van der Waals surface area contributed by atoms with E-state index in [2.05, 4.69) is 5.32 Å². The Labute approximate surface area is 127 Å². The minimum Gasteiger partial charge on any atom is -0.312 e. The second kappa shape index (κ2) is 5.96. The highest BCUT2D eigenvalue weighted by atomic mass is 35.5. The number of nitrogens with one attached hydrogen (secondary N) is 1. The van der Waals surface area contributed by atoms with Gasteiger partial charge in [0, 0.05) is 24.5 Å². The molecule has 3 rings (SSSR count). The van der Waals surface area contributed by atoms with E-state index in [1.807, 2.05) is 24.3 Å². The fraction of sp³-hybridized carbons (Fsp3) is 0.235. The van der Waals surface area contributed by atoms with Crippen molar-refractivity contribution in [1.29, 1.82) is 0 Å². The number of fused-ring (bicyclic) bond motifs is 1. The van der Waals surface area contributed by atoms with Gasteiger partial charge in [-0.15, -0.1) is 0 Å². The fourth-order valence-electron chi connectivity index (χ4n) is 2.77. The summed E-state index contributed by atoms with van der Waals surface area (Å²) in [7, 11) is 0. The number of ketones is 1. The Morgan fingerprint density at radius 2 is 2.10 bits per heavy atom. The van der Waals surface area contributed by atoms with E-state index < -0.39 is 0 Å². The lowest BCUT2D eigenvalue weighted by molar-refractivity contribution is -0.120. The summed E-state index contributed by atoms with van der Waals surface area (Å²) in [5.74, 6) is -0.603. The summed E-state index contributed by atoms with van der Waals surface area (Å²) in [5.41, 5.74) is 2.54. The van der Waals surface area contributed by atoms with Crippen LogP contribution in [0, 0.1) is 5.82 Å². The lowest BCUT2D eigenvalue weighted by Gasteiger charge is -2.25. The predicted octanol–water partition coefficient (Wildman–Crippen LogP) is 3.48. The molecule has 0 bridgehead atoms. The van der Waals surface area contributed by atoms with E-state index in [4.69, 9.17) is 11.6 Å². The first-order valence-electron chi connectivity index (χ1n) is 6.90. The SMILES string of the molecule is O=C(Cc1cc(Cl)ccc1F)C1CNCc2ccccc21. The zero-order valence-corrected chi connectivity index (χ0v) is 12.2. The monoisotopic (exact) mass is 303 g/mol. The van der Waals surface area contributed by atoms with Crippen LogP contribution in [-0.4, -0.2) is 12.3 Å². The average molecular weight is 304 g/mol. The Hall–Kier alpha value is -1.71. The van der Waals surface area contributed by atoms with Crippen LogP contribution in [-0.2, 0) is 17.8 Å². The molecule has 1 N–H and O–H groups in total. The van der Waals surface area contributed by atoms with Crippen LogP contribution in [0.5, 0.6) is 0 Å². The van der Waals surface area contributed by atoms with Gasteiger partial charge in [0.25, 0.3) is 0 Å². The summed E-state index contributed by atoms with van der Waals surface area (Å²) < 4.78 is 13.8. The minimum atomic E-state index is -0.384. The number of hydrogen-bond donors (Lipinski definition) is 1. The number of halogens is 2. The molecule has 2 nitrogen and oxygen atoms in total. The minimum absolute atomic E-state index is 0.0100. The Balaban J connectivity index is 1.85. The van der Waals surface area contributed by atoms with Gasteiger partial charge in [-0.3, -0.25) is 4.79 Å². The second-order valence-electron chi connectivity index (χ2n) is 5.26. The van der Waals surface area contributed by atoms with E-state index in [9.17, 15) is 9.18 Å². The molecule has 0 aliphatic carbocycles. The maximum atomic E-state index is 13.8. The number of Topliss-reactive ketones (excluding diaryl/α,β-unsaturated/α-hetero) is 1. The lowest BCUT2D eigenvalue weighted by Crippen LogP contribution is -2.33. The Morgan fingerprint density at radius 1 is 1.29 bits per heavy atom. The third kappa shape index (κ3) is 2.99. The molecule has 0 saturated heterocycles. The lowest BCUT2D eigenvalue weighted by atomic mass is 9.85. The van der Waals surface area contributed by atoms with Crippen LogP contribution in [0.3, 0.4) is 0 Å². The molecule has 0 spiro atoms. The number of carbonyl (C=O) groups excluding carboxylic acids is 1. The normalized spacial score (nSPS) is 17.3. The highest BCUT2D eigenvalue weighted by Crippen LogP contribution is 2.26. The van der Waals surface area contributed by atoms with Gasteiger partial charge >= 0.3 is 0 Å². The molecular formula is C17H15ClFNO. The number of benzene rings is 2. The van der Waals surface area contributed by atoms with Gasteiger partial charge < -0.3 is 5.32 Å². The zero-order valence-electron chi connectivity index (χ0n) is 11.4. The van der Waals surface area contributed by atoms with Crippen molar-refractivity contribution in [2.45, 2.75) is 18.9 Å². The Morgan fingerprint density at radius 3 is 2.95 bits per heavy atom. The molecule has 1 heterocycles. The van der Waals surface area contributed by atoms with Gasteiger partial charge in [-0.05, 0) is 34.9 Å². The van der Waals surface area contributed by atoms with Crippen LogP contribution in [0.15, 0.2) is 42.5 Å². The molecule has 108 valence electrons. The quantitative estimate of drug-likeness (QED) is 0.940. The molecular weight excluding hydrogens is 289 g/mol. The summed E-state index contributed by atoms with van der Waals surface area (Å²) in [4.78, 5) is 12.5. The third-order valence-electron chi connectivity index (χ3n) is 3.86. The van der Waals surface area contributed by atoms with Crippen molar-refractivity contribution >= 4 is 17.4 Å². The molecule has 21 heavy (non-hydrogen) atoms. The van der Waals surface area contributed by atoms with E-state index in [0.717, 1.165) is 17.7 Å². The standard InChI is InChI=1S/C17H15ClFNO/c18-13-5-6-16(19)12(7-13)8-17(21)15-10-20-9-11-3-1-2-4-14(11)15/h1-7,15,20H,8-10H2. The first-order valence-corrected chi connectivity index (χ1v) is 7.28. The van der Waals surface area contributed by atoms with Crippen LogP contribution in [0.4, 0.5) is 4.39 Å². The second-order valence-corrected chi connectivity index (χ2v) is 5.70. The summed E-state index contributed by atoms with van der Waals surface area (Å²) in [6, 6.07) is 12.2. The van der Waals surface area contributed by atoms with E-state index in [-0.39, 0.29) is 23.9 Å². The Kier molecular flexibility index (Phi) is 4.04. The van der Waals surface area contributed by atoms with E-state index in [0.29, 0.717) is 17.1 Å². The number of carbonyl (C=O) groups is 1. The summed E-state index contributed by atoms with van der Waals surface area (Å²) >= 11 is 5.88. The van der Waals surface area contributed by atoms with Crippen molar-refractivity contribution in [3.63, 3.8) is 0 Å². The van der Waals surface area contributed by atoms with Crippen molar-refractivity contribution < 1.29 is 9.18 Å². The highest BCUT2D eigenvalue weighted by molar-refractivity contribution is 6.30. The predicted molar refractivity (Wildman–Crippen MR) is 81.0 cm³/mol. The van der Waals surface area contributed by atoms with Gasteiger partial charge in [0.2, 0.25) is 0 Å². The molecule has 1 unspecified atom stereocenters. The van der Waals surface area contributed by atoms with Gasteiger partial charge in [-0.25, -0.2) is 4.39 Å². The van der Waals surface area contributed by atoms with Crippen molar-refractivity contribution in [2.24, 2.45) is 0 Å². The summed E-state index contributed by atoms with van der Waals surface area (Å²) in [6.45, 7) is 1.36. The molecule has 1 atom stereocenters. The van der Waals surface area contributed by atoms with Crippen LogP contribution in [0.2, 0.25) is 5.02 Å². The van der Waals surface area contributed by atoms with Crippen LogP contribution in [0.25, 0.3) is 0 Å². The number of rotatable bonds is 3. The maximum Gasteiger partial charge on any atom is 0.146 e. The van der Waals surface area contributed by atoms with Gasteiger partial charge in [0.1, 0.15) is 11.6 Å². The van der Waals surface area contributed by atoms with E-state index in [1.165, 1.54) is 18.2 Å². The first-order chi connectivity index (χ1) is 10.1. The number of hydrogen-bond acceptors (Lipinski definition) is 2. The first kappa shape index (κ1) is 14.2. The smallest absolute Gasteiger partial charge is 0.146 e. The molecule has 0 aromatic heterocycles. The van der Waals surface area contributed by atoms with Crippen LogP contribution in [0.1, 0.15) is 22.6 Å². The maximum absolute atomic E-state index is 13.8. The molecule has 2 aromatic carbocycles. The summed E-state index contributed by atoms with van der Waals surface area (Å²) in [5, 5.41) is 3.69. The largest absolute Gasteiger partial charge is 0.312 e. The van der Waals surface area contributed by atoms with Crippen molar-refractivity contribution in [2.75, 3.05) is 6.54 Å². The average Bonchev–Trinajstić information content (AvgIpc) is 2.50. The zero-order chi connectivity index (χ0) is 14.8. The van der Waals surface area contributed by atoms with Crippen LogP contribution < -0.4 is 5.32 Å². The van der Waals surface area contributed by atoms with Crippen LogP contribution >= 0.6 is 11.6 Å². The van der Waals surface area contributed by atoms with Gasteiger partial charge in [-0.1, -0.05) is 35.9 Å². The highest BCUT2D eigenvalue weighted by Gasteiger charge is 2.26. The van der Waals surface area contributed by atoms with Crippen molar-refractivity contribution in [3.8, 4) is 0 Å².